The molecule has 2 aromatic rings. The van der Waals surface area contributed by atoms with Gasteiger partial charge in [-0.05, 0) is 38.0 Å². The van der Waals surface area contributed by atoms with Crippen LogP contribution < -0.4 is 10.2 Å². The van der Waals surface area contributed by atoms with Gasteiger partial charge in [0.25, 0.3) is 5.91 Å². The largest absolute Gasteiger partial charge is 0.418 e. The fourth-order valence-corrected chi connectivity index (χ4v) is 3.16. The lowest BCUT2D eigenvalue weighted by molar-refractivity contribution is -0.138. The first-order valence-electron chi connectivity index (χ1n) is 8.31. The van der Waals surface area contributed by atoms with Gasteiger partial charge in [-0.2, -0.15) is 18.3 Å². The summed E-state index contributed by atoms with van der Waals surface area (Å²) in [4.78, 5) is 26.7. The minimum atomic E-state index is -4.75. The van der Waals surface area contributed by atoms with Crippen molar-refractivity contribution in [3.63, 3.8) is 0 Å². The molecule has 0 fully saturated rings. The molecule has 2 atom stereocenters. The number of fused-ring (bicyclic) bond motifs is 1. The Kier molecular flexibility index (Phi) is 4.86. The summed E-state index contributed by atoms with van der Waals surface area (Å²) in [6, 6.07) is 6.92. The minimum Gasteiger partial charge on any atom is -0.339 e. The molecule has 1 aromatic heterocycles. The van der Waals surface area contributed by atoms with Crippen LogP contribution in [0.2, 0.25) is 0 Å². The van der Waals surface area contributed by atoms with Gasteiger partial charge in [0.05, 0.1) is 11.8 Å². The van der Waals surface area contributed by atoms with Gasteiger partial charge in [-0.3, -0.25) is 9.59 Å². The lowest BCUT2D eigenvalue weighted by atomic mass is 10.1. The van der Waals surface area contributed by atoms with Crippen LogP contribution in [0, 0.1) is 0 Å². The SMILES string of the molecule is CC(NC(=O)c1nnccc1C(F)(F)F)C(=O)N1c2ccccc2CC1C. The van der Waals surface area contributed by atoms with Crippen LogP contribution in [0.1, 0.15) is 35.5 Å². The second kappa shape index (κ2) is 6.98. The number of nitrogens with zero attached hydrogens (tertiary/aromatic N) is 3. The molecule has 3 rings (SSSR count). The molecule has 1 aromatic carbocycles. The number of carbonyl (C=O) groups excluding carboxylic acids is 2. The molecule has 0 spiro atoms. The Morgan fingerprint density at radius 3 is 2.67 bits per heavy atom. The number of amides is 2. The molecule has 0 radical (unpaired) electrons. The second-order valence-corrected chi connectivity index (χ2v) is 6.38. The predicted molar refractivity (Wildman–Crippen MR) is 91.1 cm³/mol. The van der Waals surface area contributed by atoms with Crippen molar-refractivity contribution < 1.29 is 22.8 Å². The quantitative estimate of drug-likeness (QED) is 0.891. The third-order valence-corrected chi connectivity index (χ3v) is 4.40. The van der Waals surface area contributed by atoms with Crippen molar-refractivity contribution in [3.05, 3.63) is 53.3 Å². The molecule has 0 aliphatic carbocycles. The number of alkyl halides is 3. The van der Waals surface area contributed by atoms with Crippen LogP contribution in [-0.2, 0) is 17.4 Å². The van der Waals surface area contributed by atoms with Crippen molar-refractivity contribution in [2.45, 2.75) is 38.5 Å². The molecule has 1 aliphatic rings. The fourth-order valence-electron chi connectivity index (χ4n) is 3.16. The summed E-state index contributed by atoms with van der Waals surface area (Å²) in [6.45, 7) is 3.30. The van der Waals surface area contributed by atoms with Crippen molar-refractivity contribution in [3.8, 4) is 0 Å². The second-order valence-electron chi connectivity index (χ2n) is 6.38. The molecule has 6 nitrogen and oxygen atoms in total. The molecule has 2 heterocycles. The van der Waals surface area contributed by atoms with Crippen LogP contribution in [0.15, 0.2) is 36.5 Å². The third kappa shape index (κ3) is 3.62. The van der Waals surface area contributed by atoms with Crippen molar-refractivity contribution in [1.82, 2.24) is 15.5 Å². The number of anilines is 1. The zero-order chi connectivity index (χ0) is 19.8. The summed E-state index contributed by atoms with van der Waals surface area (Å²) in [5, 5.41) is 8.95. The minimum absolute atomic E-state index is 0.114. The first-order valence-corrected chi connectivity index (χ1v) is 8.31. The maximum atomic E-state index is 13.0. The van der Waals surface area contributed by atoms with Crippen molar-refractivity contribution in [2.24, 2.45) is 0 Å². The molecule has 27 heavy (non-hydrogen) atoms. The van der Waals surface area contributed by atoms with Crippen molar-refractivity contribution in [2.75, 3.05) is 4.90 Å². The van der Waals surface area contributed by atoms with Crippen molar-refractivity contribution in [1.29, 1.82) is 0 Å². The van der Waals surface area contributed by atoms with E-state index in [1.165, 1.54) is 6.92 Å². The van der Waals surface area contributed by atoms with E-state index in [0.717, 1.165) is 17.4 Å². The topological polar surface area (TPSA) is 75.2 Å². The third-order valence-electron chi connectivity index (χ3n) is 4.40. The van der Waals surface area contributed by atoms with E-state index in [1.54, 1.807) is 17.0 Å². The summed E-state index contributed by atoms with van der Waals surface area (Å²) in [5.41, 5.74) is -0.314. The summed E-state index contributed by atoms with van der Waals surface area (Å²) >= 11 is 0. The lowest BCUT2D eigenvalue weighted by Gasteiger charge is -2.26. The number of benzene rings is 1. The van der Waals surface area contributed by atoms with E-state index < -0.39 is 35.3 Å². The highest BCUT2D eigenvalue weighted by Gasteiger charge is 2.38. The molecule has 1 N–H and O–H groups in total. The monoisotopic (exact) mass is 378 g/mol. The van der Waals surface area contributed by atoms with Crippen LogP contribution >= 0.6 is 0 Å². The molecule has 2 amide bonds. The van der Waals surface area contributed by atoms with Gasteiger partial charge in [-0.15, -0.1) is 5.10 Å². The first kappa shape index (κ1) is 18.8. The molecule has 142 valence electrons. The molecule has 9 heteroatoms. The average molecular weight is 378 g/mol. The molecular weight excluding hydrogens is 361 g/mol. The number of hydrogen-bond acceptors (Lipinski definition) is 4. The number of hydrogen-bond donors (Lipinski definition) is 1. The number of nitrogens with one attached hydrogen (secondary N) is 1. The summed E-state index contributed by atoms with van der Waals surface area (Å²) in [5.74, 6) is -1.50. The van der Waals surface area contributed by atoms with E-state index in [1.807, 2.05) is 19.1 Å². The van der Waals surface area contributed by atoms with Crippen molar-refractivity contribution >= 4 is 17.5 Å². The maximum absolute atomic E-state index is 13.0. The van der Waals surface area contributed by atoms with E-state index in [0.29, 0.717) is 12.5 Å². The van der Waals surface area contributed by atoms with Gasteiger partial charge >= 0.3 is 6.18 Å². The Balaban J connectivity index is 1.79. The van der Waals surface area contributed by atoms with E-state index in [9.17, 15) is 22.8 Å². The van der Waals surface area contributed by atoms with Gasteiger partial charge < -0.3 is 10.2 Å². The Morgan fingerprint density at radius 2 is 1.96 bits per heavy atom. The van der Waals surface area contributed by atoms with Gasteiger partial charge in [0.1, 0.15) is 6.04 Å². The Hall–Kier alpha value is -2.97. The average Bonchev–Trinajstić information content (AvgIpc) is 2.95. The molecule has 0 saturated carbocycles. The Labute approximate surface area is 153 Å². The van der Waals surface area contributed by atoms with Gasteiger partial charge in [0.2, 0.25) is 5.91 Å². The van der Waals surface area contributed by atoms with Gasteiger partial charge in [-0.1, -0.05) is 18.2 Å². The van der Waals surface area contributed by atoms with Crippen LogP contribution in [0.5, 0.6) is 0 Å². The lowest BCUT2D eigenvalue weighted by Crippen LogP contribution is -2.49. The van der Waals surface area contributed by atoms with Gasteiger partial charge in [0, 0.05) is 11.7 Å². The van der Waals surface area contributed by atoms with Crippen LogP contribution in [-0.4, -0.2) is 34.1 Å². The van der Waals surface area contributed by atoms with Crippen LogP contribution in [0.3, 0.4) is 0 Å². The molecule has 1 aliphatic heterocycles. The zero-order valence-corrected chi connectivity index (χ0v) is 14.6. The smallest absolute Gasteiger partial charge is 0.339 e. The van der Waals surface area contributed by atoms with Crippen LogP contribution in [0.25, 0.3) is 0 Å². The number of aromatic nitrogens is 2. The van der Waals surface area contributed by atoms with E-state index in [-0.39, 0.29) is 6.04 Å². The molecule has 2 unspecified atom stereocenters. The Bertz CT molecular complexity index is 885. The number of para-hydroxylation sites is 1. The molecular formula is C18H17F3N4O2. The number of halogens is 3. The van der Waals surface area contributed by atoms with Gasteiger partial charge in [0.15, 0.2) is 5.69 Å². The summed E-state index contributed by atoms with van der Waals surface area (Å²) in [6.07, 6.45) is -3.22. The normalized spacial score (nSPS) is 17.4. The van der Waals surface area contributed by atoms with E-state index in [2.05, 4.69) is 15.5 Å². The molecule has 0 bridgehead atoms. The van der Waals surface area contributed by atoms with Gasteiger partial charge in [-0.25, -0.2) is 0 Å². The highest BCUT2D eigenvalue weighted by molar-refractivity contribution is 6.03. The number of carbonyl (C=O) groups is 2. The molecule has 0 saturated heterocycles. The predicted octanol–water partition coefficient (Wildman–Crippen LogP) is 2.59. The fraction of sp³-hybridized carbons (Fsp3) is 0.333. The van der Waals surface area contributed by atoms with E-state index >= 15 is 0 Å². The summed E-state index contributed by atoms with van der Waals surface area (Å²) < 4.78 is 39.1. The maximum Gasteiger partial charge on any atom is 0.418 e. The Morgan fingerprint density at radius 1 is 1.26 bits per heavy atom. The highest BCUT2D eigenvalue weighted by atomic mass is 19.4. The standard InChI is InChI=1S/C18H17F3N4O2/c1-10-9-12-5-3-4-6-14(12)25(10)17(27)11(2)23-16(26)15-13(18(19,20)21)7-8-22-24-15/h3-8,10-11H,9H2,1-2H3,(H,23,26). The number of rotatable bonds is 3. The first-order chi connectivity index (χ1) is 12.7. The zero-order valence-electron chi connectivity index (χ0n) is 14.6. The summed E-state index contributed by atoms with van der Waals surface area (Å²) in [7, 11) is 0. The van der Waals surface area contributed by atoms with E-state index in [4.69, 9.17) is 0 Å². The highest BCUT2D eigenvalue weighted by Crippen LogP contribution is 2.33. The van der Waals surface area contributed by atoms with Crippen LogP contribution in [0.4, 0.5) is 18.9 Å².